The molecule has 0 aliphatic carbocycles. The van der Waals surface area contributed by atoms with Crippen molar-refractivity contribution in [3.05, 3.63) is 53.3 Å². The molecule has 0 unspecified atom stereocenters. The first-order valence-electron chi connectivity index (χ1n) is 5.15. The summed E-state index contributed by atoms with van der Waals surface area (Å²) in [5.41, 5.74) is 1.07. The summed E-state index contributed by atoms with van der Waals surface area (Å²) in [5, 5.41) is 0.460. The second-order valence-electron chi connectivity index (χ2n) is 3.45. The summed E-state index contributed by atoms with van der Waals surface area (Å²) in [4.78, 5) is 3.94. The number of halogens is 1. The van der Waals surface area contributed by atoms with Crippen molar-refractivity contribution >= 4 is 11.6 Å². The number of ether oxygens (including phenoxy) is 2. The Morgan fingerprint density at radius 3 is 2.35 bits per heavy atom. The molecule has 17 heavy (non-hydrogen) atoms. The molecular weight excluding hydrogens is 238 g/mol. The summed E-state index contributed by atoms with van der Waals surface area (Å²) >= 11 is 5.68. The minimum atomic E-state index is 0.460. The minimum absolute atomic E-state index is 0.460. The van der Waals surface area contributed by atoms with Gasteiger partial charge in [-0.25, -0.2) is 4.98 Å². The average Bonchev–Trinajstić information content (AvgIpc) is 2.39. The minimum Gasteiger partial charge on any atom is -0.497 e. The van der Waals surface area contributed by atoms with E-state index in [9.17, 15) is 0 Å². The van der Waals surface area contributed by atoms with Crippen LogP contribution in [0.1, 0.15) is 5.56 Å². The van der Waals surface area contributed by atoms with Crippen LogP contribution >= 0.6 is 11.6 Å². The third-order valence-corrected chi connectivity index (χ3v) is 2.49. The van der Waals surface area contributed by atoms with Crippen molar-refractivity contribution in [1.29, 1.82) is 0 Å². The summed E-state index contributed by atoms with van der Waals surface area (Å²) < 4.78 is 10.6. The van der Waals surface area contributed by atoms with Crippen LogP contribution in [-0.4, -0.2) is 12.1 Å². The standard InChI is InChI=1S/C13H12ClNO2/c1-16-11-4-2-10(3-5-11)9-17-12-6-7-13(14)15-8-12/h2-8H,9H2,1H3. The molecule has 88 valence electrons. The van der Waals surface area contributed by atoms with E-state index in [0.717, 1.165) is 11.3 Å². The second kappa shape index (κ2) is 5.55. The molecule has 3 nitrogen and oxygen atoms in total. The van der Waals surface area contributed by atoms with Gasteiger partial charge in [0, 0.05) is 0 Å². The fraction of sp³-hybridized carbons (Fsp3) is 0.154. The Balaban J connectivity index is 1.95. The van der Waals surface area contributed by atoms with Crippen molar-refractivity contribution in [2.45, 2.75) is 6.61 Å². The highest BCUT2D eigenvalue weighted by Gasteiger charge is 1.97. The summed E-state index contributed by atoms with van der Waals surface area (Å²) in [7, 11) is 1.64. The molecule has 0 saturated heterocycles. The van der Waals surface area contributed by atoms with Gasteiger partial charge in [0.1, 0.15) is 23.3 Å². The van der Waals surface area contributed by atoms with Crippen molar-refractivity contribution in [1.82, 2.24) is 4.98 Å². The van der Waals surface area contributed by atoms with E-state index in [2.05, 4.69) is 4.98 Å². The Morgan fingerprint density at radius 1 is 1.06 bits per heavy atom. The molecule has 0 spiro atoms. The van der Waals surface area contributed by atoms with Crippen LogP contribution in [0.4, 0.5) is 0 Å². The van der Waals surface area contributed by atoms with Gasteiger partial charge in [0.2, 0.25) is 0 Å². The molecule has 0 saturated carbocycles. The Kier molecular flexibility index (Phi) is 3.83. The van der Waals surface area contributed by atoms with Crippen LogP contribution in [0.5, 0.6) is 11.5 Å². The molecule has 0 fully saturated rings. The lowest BCUT2D eigenvalue weighted by Gasteiger charge is -2.06. The zero-order valence-corrected chi connectivity index (χ0v) is 10.1. The van der Waals surface area contributed by atoms with Crippen molar-refractivity contribution in [3.8, 4) is 11.5 Å². The number of methoxy groups -OCH3 is 1. The predicted molar refractivity (Wildman–Crippen MR) is 66.6 cm³/mol. The van der Waals surface area contributed by atoms with Gasteiger partial charge in [0.25, 0.3) is 0 Å². The monoisotopic (exact) mass is 249 g/mol. The number of nitrogens with zero attached hydrogens (tertiary/aromatic N) is 1. The fourth-order valence-electron chi connectivity index (χ4n) is 1.34. The average molecular weight is 250 g/mol. The molecule has 0 atom stereocenters. The maximum Gasteiger partial charge on any atom is 0.138 e. The van der Waals surface area contributed by atoms with Crippen LogP contribution in [0, 0.1) is 0 Å². The number of aromatic nitrogens is 1. The summed E-state index contributed by atoms with van der Waals surface area (Å²) in [6.45, 7) is 0.493. The van der Waals surface area contributed by atoms with Crippen LogP contribution in [0.3, 0.4) is 0 Å². The van der Waals surface area contributed by atoms with Gasteiger partial charge in [0.15, 0.2) is 0 Å². The molecule has 1 heterocycles. The van der Waals surface area contributed by atoms with Crippen LogP contribution < -0.4 is 9.47 Å². The van der Waals surface area contributed by atoms with Crippen LogP contribution in [0.2, 0.25) is 5.15 Å². The Morgan fingerprint density at radius 2 is 1.76 bits per heavy atom. The molecular formula is C13H12ClNO2. The maximum absolute atomic E-state index is 5.68. The van der Waals surface area contributed by atoms with Gasteiger partial charge in [-0.2, -0.15) is 0 Å². The van der Waals surface area contributed by atoms with E-state index in [1.165, 1.54) is 0 Å². The maximum atomic E-state index is 5.68. The molecule has 0 aliphatic rings. The van der Waals surface area contributed by atoms with Gasteiger partial charge in [-0.15, -0.1) is 0 Å². The second-order valence-corrected chi connectivity index (χ2v) is 3.84. The van der Waals surface area contributed by atoms with Gasteiger partial charge in [-0.1, -0.05) is 23.7 Å². The van der Waals surface area contributed by atoms with Gasteiger partial charge in [0.05, 0.1) is 13.3 Å². The highest BCUT2D eigenvalue weighted by Crippen LogP contribution is 2.16. The normalized spacial score (nSPS) is 10.0. The van der Waals surface area contributed by atoms with Gasteiger partial charge >= 0.3 is 0 Å². The SMILES string of the molecule is COc1ccc(COc2ccc(Cl)nc2)cc1. The zero-order valence-electron chi connectivity index (χ0n) is 9.39. The van der Waals surface area contributed by atoms with Crippen molar-refractivity contribution in [2.24, 2.45) is 0 Å². The van der Waals surface area contributed by atoms with Crippen LogP contribution in [-0.2, 0) is 6.61 Å². The molecule has 0 N–H and O–H groups in total. The molecule has 0 radical (unpaired) electrons. The molecule has 0 aliphatic heterocycles. The number of benzene rings is 1. The number of hydrogen-bond acceptors (Lipinski definition) is 3. The van der Waals surface area contributed by atoms with Gasteiger partial charge in [-0.3, -0.25) is 0 Å². The van der Waals surface area contributed by atoms with E-state index >= 15 is 0 Å². The number of pyridine rings is 1. The first kappa shape index (κ1) is 11.7. The third-order valence-electron chi connectivity index (χ3n) is 2.26. The predicted octanol–water partition coefficient (Wildman–Crippen LogP) is 3.32. The molecule has 4 heteroatoms. The molecule has 2 aromatic rings. The fourth-order valence-corrected chi connectivity index (χ4v) is 1.45. The molecule has 0 bridgehead atoms. The molecule has 2 rings (SSSR count). The smallest absolute Gasteiger partial charge is 0.138 e. The first-order valence-corrected chi connectivity index (χ1v) is 5.53. The van der Waals surface area contributed by atoms with E-state index in [-0.39, 0.29) is 0 Å². The van der Waals surface area contributed by atoms with E-state index in [4.69, 9.17) is 21.1 Å². The van der Waals surface area contributed by atoms with Crippen LogP contribution in [0.25, 0.3) is 0 Å². The quantitative estimate of drug-likeness (QED) is 0.779. The van der Waals surface area contributed by atoms with E-state index < -0.39 is 0 Å². The van der Waals surface area contributed by atoms with Crippen LogP contribution in [0.15, 0.2) is 42.6 Å². The lowest BCUT2D eigenvalue weighted by Crippen LogP contribution is -1.95. The highest BCUT2D eigenvalue weighted by molar-refractivity contribution is 6.29. The third kappa shape index (κ3) is 3.36. The molecule has 0 amide bonds. The van der Waals surface area contributed by atoms with Gasteiger partial charge in [-0.05, 0) is 29.8 Å². The first-order chi connectivity index (χ1) is 8.28. The number of hydrogen-bond donors (Lipinski definition) is 0. The summed E-state index contributed by atoms with van der Waals surface area (Å²) in [6, 6.07) is 11.2. The largest absolute Gasteiger partial charge is 0.497 e. The number of rotatable bonds is 4. The topological polar surface area (TPSA) is 31.4 Å². The van der Waals surface area contributed by atoms with E-state index in [1.54, 1.807) is 25.4 Å². The Labute approximate surface area is 105 Å². The van der Waals surface area contributed by atoms with E-state index in [1.807, 2.05) is 24.3 Å². The summed E-state index contributed by atoms with van der Waals surface area (Å²) in [6.07, 6.45) is 1.60. The summed E-state index contributed by atoms with van der Waals surface area (Å²) in [5.74, 6) is 1.53. The Hall–Kier alpha value is -1.74. The zero-order chi connectivity index (χ0) is 12.1. The van der Waals surface area contributed by atoms with Crippen molar-refractivity contribution in [3.63, 3.8) is 0 Å². The van der Waals surface area contributed by atoms with E-state index in [0.29, 0.717) is 17.5 Å². The lowest BCUT2D eigenvalue weighted by molar-refractivity contribution is 0.304. The van der Waals surface area contributed by atoms with Crippen molar-refractivity contribution in [2.75, 3.05) is 7.11 Å². The van der Waals surface area contributed by atoms with Crippen molar-refractivity contribution < 1.29 is 9.47 Å². The Bertz CT molecular complexity index is 468. The lowest BCUT2D eigenvalue weighted by atomic mass is 10.2. The molecule has 1 aromatic heterocycles. The van der Waals surface area contributed by atoms with Gasteiger partial charge < -0.3 is 9.47 Å². The highest BCUT2D eigenvalue weighted by atomic mass is 35.5. The molecule has 1 aromatic carbocycles.